The lowest BCUT2D eigenvalue weighted by Crippen LogP contribution is -2.39. The zero-order valence-corrected chi connectivity index (χ0v) is 16.4. The summed E-state index contributed by atoms with van der Waals surface area (Å²) in [7, 11) is 0. The molecule has 4 rings (SSSR count). The van der Waals surface area contributed by atoms with Gasteiger partial charge in [0.15, 0.2) is 5.78 Å². The van der Waals surface area contributed by atoms with Crippen LogP contribution in [-0.4, -0.2) is 52.7 Å². The van der Waals surface area contributed by atoms with Gasteiger partial charge in [0.05, 0.1) is 30.8 Å². The van der Waals surface area contributed by atoms with E-state index in [-0.39, 0.29) is 12.3 Å². The number of carbonyl (C=O) groups is 1. The maximum atomic E-state index is 12.8. The predicted molar refractivity (Wildman–Crippen MR) is 109 cm³/mol. The zero-order valence-electron chi connectivity index (χ0n) is 15.6. The molecule has 2 aromatic carbocycles. The number of nitrogens with zero attached hydrogens (tertiary/aromatic N) is 3. The lowest BCUT2D eigenvalue weighted by molar-refractivity contribution is 0.0363. The maximum absolute atomic E-state index is 12.8. The van der Waals surface area contributed by atoms with Gasteiger partial charge >= 0.3 is 0 Å². The molecule has 0 radical (unpaired) electrons. The third kappa shape index (κ3) is 3.90. The molecule has 2 heterocycles. The van der Waals surface area contributed by atoms with Crippen molar-refractivity contribution in [1.82, 2.24) is 14.0 Å². The molecule has 1 aromatic heterocycles. The highest BCUT2D eigenvalue weighted by molar-refractivity contribution is 6.30. The first-order chi connectivity index (χ1) is 13.6. The highest BCUT2D eigenvalue weighted by Crippen LogP contribution is 2.15. The van der Waals surface area contributed by atoms with E-state index in [1.165, 1.54) is 0 Å². The van der Waals surface area contributed by atoms with Gasteiger partial charge in [0.2, 0.25) is 5.62 Å². The summed E-state index contributed by atoms with van der Waals surface area (Å²) >= 11 is 5.92. The molecule has 1 N–H and O–H groups in total. The molecule has 1 saturated heterocycles. The van der Waals surface area contributed by atoms with Crippen molar-refractivity contribution in [3.05, 3.63) is 64.7 Å². The molecular weight excluding hydrogens is 376 g/mol. The minimum atomic E-state index is -0.0359. The number of hydrogen-bond donors (Lipinski definition) is 1. The lowest BCUT2D eigenvalue weighted by atomic mass is 10.1. The summed E-state index contributed by atoms with van der Waals surface area (Å²) in [6.45, 7) is 5.06. The summed E-state index contributed by atoms with van der Waals surface area (Å²) in [4.78, 5) is 15.1. The molecule has 7 heteroatoms. The number of morpholine rings is 1. The normalized spacial score (nSPS) is 15.2. The third-order valence-corrected chi connectivity index (χ3v) is 5.44. The van der Waals surface area contributed by atoms with Gasteiger partial charge in [-0.2, -0.15) is 0 Å². The van der Waals surface area contributed by atoms with Gasteiger partial charge in [0.25, 0.3) is 0 Å². The van der Waals surface area contributed by atoms with Crippen LogP contribution in [0.15, 0.2) is 48.5 Å². The highest BCUT2D eigenvalue weighted by atomic mass is 35.5. The fraction of sp³-hybridized carbons (Fsp3) is 0.333. The van der Waals surface area contributed by atoms with Gasteiger partial charge in [0, 0.05) is 36.8 Å². The van der Waals surface area contributed by atoms with Crippen LogP contribution in [0.2, 0.25) is 5.02 Å². The molecule has 0 bridgehead atoms. The van der Waals surface area contributed by atoms with Crippen LogP contribution in [0, 0.1) is 5.41 Å². The van der Waals surface area contributed by atoms with E-state index in [9.17, 15) is 4.79 Å². The van der Waals surface area contributed by atoms with Crippen LogP contribution in [0.1, 0.15) is 10.4 Å². The Morgan fingerprint density at radius 3 is 2.29 bits per heavy atom. The number of Topliss-reactive ketones (excluding diaryl/α,β-unsaturated/α-hetero) is 1. The van der Waals surface area contributed by atoms with E-state index >= 15 is 0 Å². The molecule has 146 valence electrons. The molecule has 0 unspecified atom stereocenters. The number of fused-ring (bicyclic) bond motifs is 1. The number of imidazole rings is 1. The average molecular weight is 399 g/mol. The van der Waals surface area contributed by atoms with Crippen LogP contribution in [0.5, 0.6) is 0 Å². The molecule has 1 aliphatic heterocycles. The van der Waals surface area contributed by atoms with Gasteiger partial charge in [-0.3, -0.25) is 15.1 Å². The van der Waals surface area contributed by atoms with Gasteiger partial charge in [-0.05, 0) is 36.4 Å². The largest absolute Gasteiger partial charge is 0.379 e. The van der Waals surface area contributed by atoms with Crippen LogP contribution < -0.4 is 5.62 Å². The number of para-hydroxylation sites is 2. The first kappa shape index (κ1) is 18.9. The molecule has 1 aliphatic rings. The van der Waals surface area contributed by atoms with Crippen LogP contribution >= 0.6 is 11.6 Å². The predicted octanol–water partition coefficient (Wildman–Crippen LogP) is 2.79. The van der Waals surface area contributed by atoms with Crippen molar-refractivity contribution in [2.45, 2.75) is 13.1 Å². The molecule has 0 saturated carbocycles. The van der Waals surface area contributed by atoms with Crippen molar-refractivity contribution in [2.24, 2.45) is 0 Å². The van der Waals surface area contributed by atoms with Gasteiger partial charge in [-0.1, -0.05) is 23.7 Å². The van der Waals surface area contributed by atoms with Crippen LogP contribution in [-0.2, 0) is 17.8 Å². The number of halogens is 1. The number of benzene rings is 2. The first-order valence-electron chi connectivity index (χ1n) is 9.45. The molecule has 28 heavy (non-hydrogen) atoms. The Hall–Kier alpha value is -2.41. The van der Waals surface area contributed by atoms with Crippen LogP contribution in [0.25, 0.3) is 11.0 Å². The minimum absolute atomic E-state index is 0.0359. The second-order valence-electron chi connectivity index (χ2n) is 6.93. The van der Waals surface area contributed by atoms with Gasteiger partial charge in [-0.15, -0.1) is 0 Å². The summed E-state index contributed by atoms with van der Waals surface area (Å²) in [6, 6.07) is 14.8. The number of ketones is 1. The second-order valence-corrected chi connectivity index (χ2v) is 7.37. The van der Waals surface area contributed by atoms with Crippen molar-refractivity contribution < 1.29 is 9.53 Å². The van der Waals surface area contributed by atoms with Crippen molar-refractivity contribution in [3.8, 4) is 0 Å². The number of nitrogens with one attached hydrogen (secondary N) is 1. The summed E-state index contributed by atoms with van der Waals surface area (Å²) in [5.41, 5.74) is 2.82. The Labute approximate surface area is 168 Å². The fourth-order valence-corrected chi connectivity index (χ4v) is 3.74. The van der Waals surface area contributed by atoms with Crippen molar-refractivity contribution in [2.75, 3.05) is 32.8 Å². The maximum Gasteiger partial charge on any atom is 0.203 e. The topological polar surface area (TPSA) is 63.2 Å². The minimum Gasteiger partial charge on any atom is -0.379 e. The number of carbonyl (C=O) groups excluding carboxylic acids is 1. The number of hydrogen-bond acceptors (Lipinski definition) is 4. The number of ether oxygens (including phenoxy) is 1. The Bertz CT molecular complexity index is 1030. The van der Waals surface area contributed by atoms with Crippen LogP contribution in [0.4, 0.5) is 0 Å². The zero-order chi connectivity index (χ0) is 19.5. The molecule has 0 spiro atoms. The molecule has 0 aliphatic carbocycles. The van der Waals surface area contributed by atoms with Crippen molar-refractivity contribution >= 4 is 28.4 Å². The first-order valence-corrected chi connectivity index (χ1v) is 9.83. The van der Waals surface area contributed by atoms with E-state index in [4.69, 9.17) is 21.7 Å². The molecule has 3 aromatic rings. The number of aromatic nitrogens is 2. The summed E-state index contributed by atoms with van der Waals surface area (Å²) < 4.78 is 9.18. The van der Waals surface area contributed by atoms with Crippen molar-refractivity contribution in [1.29, 1.82) is 5.41 Å². The van der Waals surface area contributed by atoms with Gasteiger partial charge in [0.1, 0.15) is 0 Å². The third-order valence-electron chi connectivity index (χ3n) is 5.19. The van der Waals surface area contributed by atoms with E-state index in [0.29, 0.717) is 22.7 Å². The smallest absolute Gasteiger partial charge is 0.203 e. The van der Waals surface area contributed by atoms with E-state index in [1.54, 1.807) is 28.8 Å². The standard InChI is InChI=1S/C21H23ClN4O2/c22-17-7-5-16(6-8-17)20(27)15-26-19-4-2-1-3-18(19)25(21(26)23)10-9-24-11-13-28-14-12-24/h1-8,23H,9-15H2. The fourth-order valence-electron chi connectivity index (χ4n) is 3.62. The van der Waals surface area contributed by atoms with E-state index in [1.807, 2.05) is 28.8 Å². The summed E-state index contributed by atoms with van der Waals surface area (Å²) in [6.07, 6.45) is 0. The van der Waals surface area contributed by atoms with E-state index in [0.717, 1.165) is 43.9 Å². The van der Waals surface area contributed by atoms with Gasteiger partial charge in [-0.25, -0.2) is 0 Å². The number of rotatable bonds is 6. The monoisotopic (exact) mass is 398 g/mol. The molecule has 0 atom stereocenters. The molecular formula is C21H23ClN4O2. The quantitative estimate of drug-likeness (QED) is 0.649. The Balaban J connectivity index is 1.61. The lowest BCUT2D eigenvalue weighted by Gasteiger charge is -2.26. The molecule has 6 nitrogen and oxygen atoms in total. The second kappa shape index (κ2) is 8.31. The highest BCUT2D eigenvalue weighted by Gasteiger charge is 2.16. The summed E-state index contributed by atoms with van der Waals surface area (Å²) in [5, 5.41) is 9.29. The Morgan fingerprint density at radius 1 is 0.964 bits per heavy atom. The average Bonchev–Trinajstić information content (AvgIpc) is 2.99. The van der Waals surface area contributed by atoms with Crippen LogP contribution in [0.3, 0.4) is 0 Å². The van der Waals surface area contributed by atoms with Gasteiger partial charge < -0.3 is 13.9 Å². The summed E-state index contributed by atoms with van der Waals surface area (Å²) in [5.74, 6) is -0.0359. The molecule has 1 fully saturated rings. The van der Waals surface area contributed by atoms with E-state index in [2.05, 4.69) is 4.90 Å². The Kier molecular flexibility index (Phi) is 5.62. The van der Waals surface area contributed by atoms with E-state index < -0.39 is 0 Å². The van der Waals surface area contributed by atoms with Crippen molar-refractivity contribution in [3.63, 3.8) is 0 Å². The SMILES string of the molecule is N=c1n(CCN2CCOCC2)c2ccccc2n1CC(=O)c1ccc(Cl)cc1. The molecule has 0 amide bonds. The Morgan fingerprint density at radius 2 is 1.61 bits per heavy atom.